The van der Waals surface area contributed by atoms with Crippen LogP contribution in [0.25, 0.3) is 0 Å². The van der Waals surface area contributed by atoms with E-state index in [9.17, 15) is 4.79 Å². The molecule has 0 atom stereocenters. The molecule has 1 aliphatic heterocycles. The smallest absolute Gasteiger partial charge is 0.410 e. The second kappa shape index (κ2) is 5.75. The first-order valence-electron chi connectivity index (χ1n) is 6.51. The Hall–Kier alpha value is -1.05. The Morgan fingerprint density at radius 1 is 1.45 bits per heavy atom. The Bertz CT molecular complexity index is 508. The van der Waals surface area contributed by atoms with Gasteiger partial charge in [-0.1, -0.05) is 0 Å². The molecule has 2 rings (SSSR count). The summed E-state index contributed by atoms with van der Waals surface area (Å²) in [6.45, 7) is 8.67. The normalized spacial score (nSPS) is 15.8. The topological polar surface area (TPSA) is 51.7 Å². The molecule has 110 valence electrons. The van der Waals surface area contributed by atoms with Crippen LogP contribution in [0.5, 0.6) is 5.88 Å². The molecular weight excluding hydrogens is 371 g/mol. The van der Waals surface area contributed by atoms with E-state index in [1.54, 1.807) is 11.1 Å². The summed E-state index contributed by atoms with van der Waals surface area (Å²) in [5.41, 5.74) is 0.666. The van der Waals surface area contributed by atoms with Crippen LogP contribution >= 0.6 is 22.6 Å². The lowest BCUT2D eigenvalue weighted by Crippen LogP contribution is -2.57. The molecule has 1 fully saturated rings. The number of likely N-dealkylation sites (tertiary alicyclic amines) is 1. The van der Waals surface area contributed by atoms with Crippen LogP contribution in [-0.2, 0) is 4.74 Å². The SMILES string of the molecule is Cc1cnc(OC2CN(C(=O)OC(C)(C)C)C2)cc1I. The molecule has 5 nitrogen and oxygen atoms in total. The first kappa shape index (κ1) is 15.3. The van der Waals surface area contributed by atoms with E-state index in [2.05, 4.69) is 27.6 Å². The first-order chi connectivity index (χ1) is 9.24. The first-order valence-corrected chi connectivity index (χ1v) is 7.59. The van der Waals surface area contributed by atoms with Crippen molar-refractivity contribution >= 4 is 28.7 Å². The molecule has 2 heterocycles. The number of aryl methyl sites for hydroxylation is 1. The van der Waals surface area contributed by atoms with E-state index in [1.807, 2.05) is 33.8 Å². The standard InChI is InChI=1S/C14H19IN2O3/c1-9-6-16-12(5-11(9)15)19-10-7-17(8-10)13(18)20-14(2,3)4/h5-6,10H,7-8H2,1-4H3. The van der Waals surface area contributed by atoms with E-state index in [0.717, 1.165) is 9.13 Å². The fraction of sp³-hybridized carbons (Fsp3) is 0.571. The zero-order valence-electron chi connectivity index (χ0n) is 12.1. The van der Waals surface area contributed by atoms with Crippen molar-refractivity contribution in [2.24, 2.45) is 0 Å². The van der Waals surface area contributed by atoms with Crippen LogP contribution in [-0.4, -0.2) is 40.8 Å². The summed E-state index contributed by atoms with van der Waals surface area (Å²) in [5, 5.41) is 0. The summed E-state index contributed by atoms with van der Waals surface area (Å²) in [6.07, 6.45) is 1.50. The van der Waals surface area contributed by atoms with Crippen molar-refractivity contribution in [2.45, 2.75) is 39.4 Å². The molecule has 1 aromatic rings. The Morgan fingerprint density at radius 2 is 2.10 bits per heavy atom. The van der Waals surface area contributed by atoms with E-state index in [-0.39, 0.29) is 12.2 Å². The summed E-state index contributed by atoms with van der Waals surface area (Å²) < 4.78 is 12.1. The van der Waals surface area contributed by atoms with E-state index >= 15 is 0 Å². The number of nitrogens with zero attached hydrogens (tertiary/aromatic N) is 2. The van der Waals surface area contributed by atoms with Gasteiger partial charge in [-0.2, -0.15) is 0 Å². The largest absolute Gasteiger partial charge is 0.471 e. The molecule has 1 amide bonds. The fourth-order valence-electron chi connectivity index (χ4n) is 1.71. The lowest BCUT2D eigenvalue weighted by Gasteiger charge is -2.39. The second-order valence-corrected chi connectivity index (χ2v) is 7.06. The van der Waals surface area contributed by atoms with Crippen molar-refractivity contribution in [3.63, 3.8) is 0 Å². The van der Waals surface area contributed by atoms with Gasteiger partial charge in [0, 0.05) is 15.8 Å². The number of hydrogen-bond donors (Lipinski definition) is 0. The number of amides is 1. The Kier molecular flexibility index (Phi) is 4.41. The van der Waals surface area contributed by atoms with E-state index < -0.39 is 5.60 Å². The van der Waals surface area contributed by atoms with E-state index in [0.29, 0.717) is 19.0 Å². The van der Waals surface area contributed by atoms with Crippen LogP contribution in [0.2, 0.25) is 0 Å². The molecule has 0 bridgehead atoms. The second-order valence-electron chi connectivity index (χ2n) is 5.90. The highest BCUT2D eigenvalue weighted by Crippen LogP contribution is 2.21. The highest BCUT2D eigenvalue weighted by Gasteiger charge is 2.35. The number of hydrogen-bond acceptors (Lipinski definition) is 4. The molecule has 1 saturated heterocycles. The van der Waals surface area contributed by atoms with E-state index in [1.165, 1.54) is 0 Å². The molecule has 0 unspecified atom stereocenters. The summed E-state index contributed by atoms with van der Waals surface area (Å²) in [4.78, 5) is 17.6. The number of carbonyl (C=O) groups excluding carboxylic acids is 1. The fourth-order valence-corrected chi connectivity index (χ4v) is 2.11. The van der Waals surface area contributed by atoms with Gasteiger partial charge in [-0.3, -0.25) is 0 Å². The van der Waals surface area contributed by atoms with Crippen molar-refractivity contribution < 1.29 is 14.3 Å². The molecule has 0 N–H and O–H groups in total. The van der Waals surface area contributed by atoms with Gasteiger partial charge < -0.3 is 14.4 Å². The van der Waals surface area contributed by atoms with Gasteiger partial charge in [0.05, 0.1) is 13.1 Å². The average Bonchev–Trinajstić information content (AvgIpc) is 2.25. The van der Waals surface area contributed by atoms with Crippen LogP contribution < -0.4 is 4.74 Å². The minimum atomic E-state index is -0.461. The van der Waals surface area contributed by atoms with Gasteiger partial charge in [0.15, 0.2) is 0 Å². The molecule has 0 aliphatic carbocycles. The summed E-state index contributed by atoms with van der Waals surface area (Å²) in [7, 11) is 0. The molecule has 0 radical (unpaired) electrons. The maximum absolute atomic E-state index is 11.8. The predicted octanol–water partition coefficient (Wildman–Crippen LogP) is 2.99. The van der Waals surface area contributed by atoms with Gasteiger partial charge in [-0.15, -0.1) is 0 Å². The Morgan fingerprint density at radius 3 is 2.65 bits per heavy atom. The monoisotopic (exact) mass is 390 g/mol. The van der Waals surface area contributed by atoms with Crippen LogP contribution in [0.4, 0.5) is 4.79 Å². The lowest BCUT2D eigenvalue weighted by atomic mass is 10.2. The van der Waals surface area contributed by atoms with Gasteiger partial charge in [0.1, 0.15) is 11.7 Å². The summed E-state index contributed by atoms with van der Waals surface area (Å²) in [6, 6.07) is 1.91. The number of carbonyl (C=O) groups is 1. The van der Waals surface area contributed by atoms with Crippen molar-refractivity contribution in [2.75, 3.05) is 13.1 Å². The minimum absolute atomic E-state index is 0.00600. The Labute approximate surface area is 132 Å². The van der Waals surface area contributed by atoms with Crippen LogP contribution in [0.15, 0.2) is 12.3 Å². The third-order valence-corrected chi connectivity index (χ3v) is 3.96. The molecule has 0 aromatic carbocycles. The van der Waals surface area contributed by atoms with Gasteiger partial charge in [0.25, 0.3) is 0 Å². The predicted molar refractivity (Wildman–Crippen MR) is 83.9 cm³/mol. The number of rotatable bonds is 2. The minimum Gasteiger partial charge on any atom is -0.471 e. The van der Waals surface area contributed by atoms with Crippen LogP contribution in [0.3, 0.4) is 0 Å². The molecule has 0 spiro atoms. The van der Waals surface area contributed by atoms with Gasteiger partial charge in [-0.25, -0.2) is 9.78 Å². The van der Waals surface area contributed by atoms with Crippen molar-refractivity contribution in [3.8, 4) is 5.88 Å². The molecule has 1 aliphatic rings. The number of aromatic nitrogens is 1. The molecule has 20 heavy (non-hydrogen) atoms. The molecule has 0 saturated carbocycles. The van der Waals surface area contributed by atoms with Crippen LogP contribution in [0, 0.1) is 10.5 Å². The average molecular weight is 390 g/mol. The summed E-state index contributed by atoms with van der Waals surface area (Å²) in [5.74, 6) is 0.605. The third-order valence-electron chi connectivity index (χ3n) is 2.80. The number of halogens is 1. The third kappa shape index (κ3) is 3.97. The maximum atomic E-state index is 11.8. The molecular formula is C14H19IN2O3. The van der Waals surface area contributed by atoms with Crippen molar-refractivity contribution in [3.05, 3.63) is 21.4 Å². The highest BCUT2D eigenvalue weighted by molar-refractivity contribution is 14.1. The zero-order valence-corrected chi connectivity index (χ0v) is 14.3. The quantitative estimate of drug-likeness (QED) is 0.729. The zero-order chi connectivity index (χ0) is 14.9. The Balaban J connectivity index is 1.82. The summed E-state index contributed by atoms with van der Waals surface area (Å²) >= 11 is 2.25. The lowest BCUT2D eigenvalue weighted by molar-refractivity contribution is -0.0232. The van der Waals surface area contributed by atoms with Gasteiger partial charge in [-0.05, 0) is 55.8 Å². The molecule has 6 heteroatoms. The van der Waals surface area contributed by atoms with Crippen molar-refractivity contribution in [1.82, 2.24) is 9.88 Å². The van der Waals surface area contributed by atoms with Crippen LogP contribution in [0.1, 0.15) is 26.3 Å². The van der Waals surface area contributed by atoms with Crippen molar-refractivity contribution in [1.29, 1.82) is 0 Å². The molecule has 1 aromatic heterocycles. The highest BCUT2D eigenvalue weighted by atomic mass is 127. The van der Waals surface area contributed by atoms with Gasteiger partial charge in [0.2, 0.25) is 5.88 Å². The van der Waals surface area contributed by atoms with Gasteiger partial charge >= 0.3 is 6.09 Å². The number of pyridine rings is 1. The number of ether oxygens (including phenoxy) is 2. The maximum Gasteiger partial charge on any atom is 0.410 e. The van der Waals surface area contributed by atoms with E-state index in [4.69, 9.17) is 9.47 Å².